The zero-order valence-electron chi connectivity index (χ0n) is 13.4. The first kappa shape index (κ1) is 15.6. The van der Waals surface area contributed by atoms with Gasteiger partial charge in [-0.25, -0.2) is 0 Å². The second-order valence-corrected chi connectivity index (χ2v) is 5.83. The van der Waals surface area contributed by atoms with Gasteiger partial charge >= 0.3 is 0 Å². The Kier molecular flexibility index (Phi) is 5.86. The molecule has 0 aromatic heterocycles. The second kappa shape index (κ2) is 7.87. The maximum Gasteiger partial charge on any atom is 0.119 e. The van der Waals surface area contributed by atoms with Gasteiger partial charge in [0.2, 0.25) is 0 Å². The first-order valence-corrected chi connectivity index (χ1v) is 7.99. The number of ether oxygens (including phenoxy) is 1. The average Bonchev–Trinajstić information content (AvgIpc) is 2.54. The Morgan fingerprint density at radius 2 is 1.57 bits per heavy atom. The quantitative estimate of drug-likeness (QED) is 0.642. The highest BCUT2D eigenvalue weighted by Crippen LogP contribution is 2.22. The van der Waals surface area contributed by atoms with Crippen LogP contribution >= 0.6 is 0 Å². The topological polar surface area (TPSA) is 9.23 Å². The van der Waals surface area contributed by atoms with Crippen molar-refractivity contribution in [1.82, 2.24) is 0 Å². The highest BCUT2D eigenvalue weighted by molar-refractivity contribution is 5.29. The van der Waals surface area contributed by atoms with Crippen LogP contribution in [-0.2, 0) is 6.42 Å². The minimum absolute atomic E-state index is 0.236. The monoisotopic (exact) mass is 282 g/mol. The number of benzene rings is 2. The molecular weight excluding hydrogens is 256 g/mol. The zero-order chi connectivity index (χ0) is 15.1. The summed E-state index contributed by atoms with van der Waals surface area (Å²) in [4.78, 5) is 0. The Morgan fingerprint density at radius 3 is 2.19 bits per heavy atom. The second-order valence-electron chi connectivity index (χ2n) is 5.83. The van der Waals surface area contributed by atoms with Crippen molar-refractivity contribution in [1.29, 1.82) is 0 Å². The summed E-state index contributed by atoms with van der Waals surface area (Å²) in [6.45, 7) is 6.63. The molecule has 1 heteroatoms. The molecule has 2 unspecified atom stereocenters. The molecule has 0 aliphatic rings. The van der Waals surface area contributed by atoms with Crippen molar-refractivity contribution in [3.05, 3.63) is 65.7 Å². The summed E-state index contributed by atoms with van der Waals surface area (Å²) in [6, 6.07) is 19.2. The molecule has 0 saturated heterocycles. The van der Waals surface area contributed by atoms with Crippen molar-refractivity contribution >= 4 is 0 Å². The molecule has 0 spiro atoms. The van der Waals surface area contributed by atoms with Crippen LogP contribution in [0.1, 0.15) is 50.7 Å². The molecule has 0 amide bonds. The van der Waals surface area contributed by atoms with Crippen molar-refractivity contribution in [2.75, 3.05) is 0 Å². The molecule has 0 heterocycles. The molecule has 0 fully saturated rings. The van der Waals surface area contributed by atoms with E-state index in [1.807, 2.05) is 0 Å². The molecule has 0 N–H and O–H groups in total. The molecule has 1 nitrogen and oxygen atoms in total. The number of hydrogen-bond donors (Lipinski definition) is 0. The van der Waals surface area contributed by atoms with E-state index in [1.54, 1.807) is 0 Å². The van der Waals surface area contributed by atoms with Crippen molar-refractivity contribution in [3.8, 4) is 5.75 Å². The van der Waals surface area contributed by atoms with Gasteiger partial charge in [-0.05, 0) is 55.4 Å². The first-order chi connectivity index (χ1) is 10.2. The minimum Gasteiger partial charge on any atom is -0.491 e. The molecule has 21 heavy (non-hydrogen) atoms. The summed E-state index contributed by atoms with van der Waals surface area (Å²) in [5.74, 6) is 1.59. The Bertz CT molecular complexity index is 515. The lowest BCUT2D eigenvalue weighted by atomic mass is 9.99. The highest BCUT2D eigenvalue weighted by Gasteiger charge is 2.06. The lowest BCUT2D eigenvalue weighted by Crippen LogP contribution is -2.12. The van der Waals surface area contributed by atoms with Gasteiger partial charge in [0.1, 0.15) is 5.75 Å². The SMILES string of the molecule is CCC(C)c1ccc(OC(C)CCc2ccccc2)cc1. The fourth-order valence-corrected chi connectivity index (χ4v) is 2.42. The van der Waals surface area contributed by atoms with Crippen molar-refractivity contribution in [2.24, 2.45) is 0 Å². The lowest BCUT2D eigenvalue weighted by Gasteiger charge is -2.16. The molecule has 112 valence electrons. The van der Waals surface area contributed by atoms with Gasteiger partial charge in [-0.3, -0.25) is 0 Å². The van der Waals surface area contributed by atoms with E-state index in [2.05, 4.69) is 75.4 Å². The molecule has 0 saturated carbocycles. The van der Waals surface area contributed by atoms with Crippen LogP contribution in [0.2, 0.25) is 0 Å². The maximum atomic E-state index is 6.00. The van der Waals surface area contributed by atoms with Gasteiger partial charge in [-0.2, -0.15) is 0 Å². The van der Waals surface area contributed by atoms with Crippen LogP contribution in [0, 0.1) is 0 Å². The standard InChI is InChI=1S/C20H26O/c1-4-16(2)19-12-14-20(15-13-19)21-17(3)10-11-18-8-6-5-7-9-18/h5-9,12-17H,4,10-11H2,1-3H3. The summed E-state index contributed by atoms with van der Waals surface area (Å²) < 4.78 is 6.00. The predicted molar refractivity (Wildman–Crippen MR) is 90.0 cm³/mol. The summed E-state index contributed by atoms with van der Waals surface area (Å²) in [7, 11) is 0. The Morgan fingerprint density at radius 1 is 0.905 bits per heavy atom. The minimum atomic E-state index is 0.236. The summed E-state index contributed by atoms with van der Waals surface area (Å²) in [5.41, 5.74) is 2.77. The first-order valence-electron chi connectivity index (χ1n) is 7.99. The molecule has 2 atom stereocenters. The third-order valence-corrected chi connectivity index (χ3v) is 4.08. The van der Waals surface area contributed by atoms with Gasteiger partial charge in [0.05, 0.1) is 6.10 Å². The fourth-order valence-electron chi connectivity index (χ4n) is 2.42. The van der Waals surface area contributed by atoms with E-state index in [4.69, 9.17) is 4.74 Å². The van der Waals surface area contributed by atoms with E-state index in [9.17, 15) is 0 Å². The fraction of sp³-hybridized carbons (Fsp3) is 0.400. The normalized spacial score (nSPS) is 13.7. The van der Waals surface area contributed by atoms with E-state index < -0.39 is 0 Å². The molecule has 2 aromatic rings. The molecule has 2 aromatic carbocycles. The van der Waals surface area contributed by atoms with Gasteiger partial charge < -0.3 is 4.74 Å². The van der Waals surface area contributed by atoms with Crippen LogP contribution in [0.25, 0.3) is 0 Å². The highest BCUT2D eigenvalue weighted by atomic mass is 16.5. The van der Waals surface area contributed by atoms with Crippen LogP contribution in [0.3, 0.4) is 0 Å². The van der Waals surface area contributed by atoms with Crippen LogP contribution < -0.4 is 4.74 Å². The lowest BCUT2D eigenvalue weighted by molar-refractivity contribution is 0.211. The van der Waals surface area contributed by atoms with E-state index >= 15 is 0 Å². The Balaban J connectivity index is 1.83. The molecule has 0 aliphatic carbocycles. The van der Waals surface area contributed by atoms with Crippen LogP contribution in [0.4, 0.5) is 0 Å². The van der Waals surface area contributed by atoms with Gasteiger partial charge in [0.25, 0.3) is 0 Å². The van der Waals surface area contributed by atoms with Gasteiger partial charge in [-0.1, -0.05) is 56.3 Å². The molecule has 0 bridgehead atoms. The van der Waals surface area contributed by atoms with E-state index in [0.717, 1.165) is 18.6 Å². The molecular formula is C20H26O. The third-order valence-electron chi connectivity index (χ3n) is 4.08. The van der Waals surface area contributed by atoms with Gasteiger partial charge in [0, 0.05) is 0 Å². The summed E-state index contributed by atoms with van der Waals surface area (Å²) in [5, 5.41) is 0. The van der Waals surface area contributed by atoms with Gasteiger partial charge in [0.15, 0.2) is 0 Å². The predicted octanol–water partition coefficient (Wildman–Crippen LogP) is 5.60. The van der Waals surface area contributed by atoms with E-state index in [0.29, 0.717) is 5.92 Å². The number of rotatable bonds is 7. The zero-order valence-corrected chi connectivity index (χ0v) is 13.4. The average molecular weight is 282 g/mol. The van der Waals surface area contributed by atoms with Crippen molar-refractivity contribution in [3.63, 3.8) is 0 Å². The molecule has 2 rings (SSSR count). The molecule has 0 aliphatic heterocycles. The Hall–Kier alpha value is -1.76. The van der Waals surface area contributed by atoms with Crippen LogP contribution in [-0.4, -0.2) is 6.10 Å². The summed E-state index contributed by atoms with van der Waals surface area (Å²) in [6.07, 6.45) is 3.51. The number of aryl methyl sites for hydroxylation is 1. The number of hydrogen-bond acceptors (Lipinski definition) is 1. The van der Waals surface area contributed by atoms with E-state index in [1.165, 1.54) is 17.5 Å². The largest absolute Gasteiger partial charge is 0.491 e. The summed E-state index contributed by atoms with van der Waals surface area (Å²) >= 11 is 0. The van der Waals surface area contributed by atoms with Gasteiger partial charge in [-0.15, -0.1) is 0 Å². The van der Waals surface area contributed by atoms with E-state index in [-0.39, 0.29) is 6.10 Å². The Labute approximate surface area is 129 Å². The van der Waals surface area contributed by atoms with Crippen molar-refractivity contribution < 1.29 is 4.74 Å². The smallest absolute Gasteiger partial charge is 0.119 e. The van der Waals surface area contributed by atoms with Crippen LogP contribution in [0.5, 0.6) is 5.75 Å². The maximum absolute atomic E-state index is 6.00. The van der Waals surface area contributed by atoms with Crippen molar-refractivity contribution in [2.45, 2.75) is 52.1 Å². The van der Waals surface area contributed by atoms with Crippen LogP contribution in [0.15, 0.2) is 54.6 Å². The molecule has 0 radical (unpaired) electrons. The third kappa shape index (κ3) is 4.93.